The van der Waals surface area contributed by atoms with Crippen LogP contribution in [0.15, 0.2) is 18.2 Å². The highest BCUT2D eigenvalue weighted by atomic mass is 16.5. The van der Waals surface area contributed by atoms with Crippen molar-refractivity contribution < 1.29 is 9.53 Å². The van der Waals surface area contributed by atoms with Gasteiger partial charge in [0.1, 0.15) is 6.10 Å². The molecule has 1 N–H and O–H groups in total. The van der Waals surface area contributed by atoms with Crippen LogP contribution >= 0.6 is 0 Å². The normalized spacial score (nSPS) is 12.1. The second-order valence-corrected chi connectivity index (χ2v) is 4.52. The van der Waals surface area contributed by atoms with Crippen LogP contribution in [0.5, 0.6) is 0 Å². The van der Waals surface area contributed by atoms with Gasteiger partial charge in [-0.05, 0) is 37.1 Å². The third-order valence-corrected chi connectivity index (χ3v) is 2.93. The Morgan fingerprint density at radius 3 is 2.56 bits per heavy atom. The van der Waals surface area contributed by atoms with Crippen molar-refractivity contribution in [3.8, 4) is 0 Å². The summed E-state index contributed by atoms with van der Waals surface area (Å²) in [6.07, 6.45) is 0.273. The van der Waals surface area contributed by atoms with Crippen molar-refractivity contribution in [1.29, 1.82) is 0 Å². The van der Waals surface area contributed by atoms with Crippen LogP contribution in [-0.2, 0) is 9.53 Å². The van der Waals surface area contributed by atoms with Gasteiger partial charge >= 0.3 is 0 Å². The van der Waals surface area contributed by atoms with Gasteiger partial charge in [0.25, 0.3) is 5.91 Å². The Kier molecular flexibility index (Phi) is 5.16. The van der Waals surface area contributed by atoms with E-state index in [-0.39, 0.29) is 5.91 Å². The van der Waals surface area contributed by atoms with Crippen LogP contribution in [0.1, 0.15) is 18.9 Å². The fourth-order valence-corrected chi connectivity index (χ4v) is 1.74. The monoisotopic (exact) mass is 250 g/mol. The lowest BCUT2D eigenvalue weighted by Crippen LogP contribution is -2.29. The smallest absolute Gasteiger partial charge is 0.253 e. The summed E-state index contributed by atoms with van der Waals surface area (Å²) < 4.78 is 5.12. The zero-order chi connectivity index (χ0) is 13.7. The number of methoxy groups -OCH3 is 1. The van der Waals surface area contributed by atoms with Crippen LogP contribution in [0.25, 0.3) is 0 Å². The Balaban J connectivity index is 2.82. The molecule has 100 valence electrons. The molecule has 0 aromatic heterocycles. The molecular formula is C14H22N2O2. The number of nitrogens with one attached hydrogen (secondary N) is 1. The van der Waals surface area contributed by atoms with Crippen LogP contribution in [0, 0.1) is 6.92 Å². The molecule has 1 unspecified atom stereocenters. The van der Waals surface area contributed by atoms with Crippen molar-refractivity contribution in [1.82, 2.24) is 0 Å². The molecule has 0 aliphatic rings. The Morgan fingerprint density at radius 1 is 1.44 bits per heavy atom. The summed E-state index contributed by atoms with van der Waals surface area (Å²) in [5.41, 5.74) is 2.99. The molecular weight excluding hydrogens is 228 g/mol. The van der Waals surface area contributed by atoms with Crippen molar-refractivity contribution in [3.63, 3.8) is 0 Å². The Labute approximate surface area is 109 Å². The van der Waals surface area contributed by atoms with E-state index in [2.05, 4.69) is 5.32 Å². The SMILES string of the molecule is CCC(OC)C(=O)Nc1ccc(N(C)C)cc1C. The van der Waals surface area contributed by atoms with E-state index >= 15 is 0 Å². The number of hydrogen-bond acceptors (Lipinski definition) is 3. The van der Waals surface area contributed by atoms with Gasteiger partial charge in [-0.1, -0.05) is 6.92 Å². The molecule has 1 rings (SSSR count). The first-order valence-electron chi connectivity index (χ1n) is 6.11. The van der Waals surface area contributed by atoms with Crippen LogP contribution in [-0.4, -0.2) is 33.2 Å². The minimum atomic E-state index is -0.391. The molecule has 1 amide bonds. The first-order valence-corrected chi connectivity index (χ1v) is 6.11. The molecule has 0 heterocycles. The molecule has 1 atom stereocenters. The van der Waals surface area contributed by atoms with Crippen molar-refractivity contribution in [2.75, 3.05) is 31.4 Å². The Bertz CT molecular complexity index is 412. The predicted molar refractivity (Wildman–Crippen MR) is 75.2 cm³/mol. The predicted octanol–water partition coefficient (Wildman–Crippen LogP) is 2.42. The van der Waals surface area contributed by atoms with E-state index in [4.69, 9.17) is 4.74 Å². The van der Waals surface area contributed by atoms with E-state index in [0.29, 0.717) is 6.42 Å². The van der Waals surface area contributed by atoms with Gasteiger partial charge in [0.05, 0.1) is 0 Å². The second kappa shape index (κ2) is 6.40. The van der Waals surface area contributed by atoms with Crippen LogP contribution in [0.4, 0.5) is 11.4 Å². The van der Waals surface area contributed by atoms with Crippen molar-refractivity contribution >= 4 is 17.3 Å². The minimum Gasteiger partial charge on any atom is -0.378 e. The number of anilines is 2. The van der Waals surface area contributed by atoms with Gasteiger partial charge in [0, 0.05) is 32.6 Å². The summed E-state index contributed by atoms with van der Waals surface area (Å²) >= 11 is 0. The second-order valence-electron chi connectivity index (χ2n) is 4.52. The zero-order valence-corrected chi connectivity index (χ0v) is 11.8. The molecule has 0 aliphatic heterocycles. The molecule has 0 radical (unpaired) electrons. The molecule has 0 aliphatic carbocycles. The maximum atomic E-state index is 11.9. The summed E-state index contributed by atoms with van der Waals surface area (Å²) in [5.74, 6) is -0.0966. The molecule has 18 heavy (non-hydrogen) atoms. The third kappa shape index (κ3) is 3.47. The highest BCUT2D eigenvalue weighted by molar-refractivity contribution is 5.95. The minimum absolute atomic E-state index is 0.0966. The van der Waals surface area contributed by atoms with Crippen molar-refractivity contribution in [2.24, 2.45) is 0 Å². The van der Waals surface area contributed by atoms with Gasteiger partial charge in [0.2, 0.25) is 0 Å². The number of carbonyl (C=O) groups excluding carboxylic acids is 1. The maximum absolute atomic E-state index is 11.9. The molecule has 0 bridgehead atoms. The molecule has 1 aromatic carbocycles. The number of hydrogen-bond donors (Lipinski definition) is 1. The molecule has 0 fully saturated rings. The first-order chi connectivity index (χ1) is 8.49. The summed E-state index contributed by atoms with van der Waals surface area (Å²) in [4.78, 5) is 13.9. The quantitative estimate of drug-likeness (QED) is 0.872. The number of ether oxygens (including phenoxy) is 1. The topological polar surface area (TPSA) is 41.6 Å². The van der Waals surface area contributed by atoms with Crippen molar-refractivity contribution in [3.05, 3.63) is 23.8 Å². The summed E-state index contributed by atoms with van der Waals surface area (Å²) in [7, 11) is 5.53. The Morgan fingerprint density at radius 2 is 2.11 bits per heavy atom. The average molecular weight is 250 g/mol. The van der Waals surface area contributed by atoms with Gasteiger partial charge in [-0.2, -0.15) is 0 Å². The lowest BCUT2D eigenvalue weighted by molar-refractivity contribution is -0.125. The maximum Gasteiger partial charge on any atom is 0.253 e. The van der Waals surface area contributed by atoms with E-state index in [0.717, 1.165) is 16.9 Å². The molecule has 1 aromatic rings. The van der Waals surface area contributed by atoms with Gasteiger partial charge in [-0.15, -0.1) is 0 Å². The van der Waals surface area contributed by atoms with E-state index in [1.54, 1.807) is 7.11 Å². The average Bonchev–Trinajstić information content (AvgIpc) is 2.33. The Hall–Kier alpha value is -1.55. The fraction of sp³-hybridized carbons (Fsp3) is 0.500. The van der Waals surface area contributed by atoms with E-state index in [1.807, 2.05) is 51.0 Å². The standard InChI is InChI=1S/C14H22N2O2/c1-6-13(18-5)14(17)15-12-8-7-11(16(3)4)9-10(12)2/h7-9,13H,6H2,1-5H3,(H,15,17). The number of aryl methyl sites for hydroxylation is 1. The van der Waals surface area contributed by atoms with Crippen LogP contribution in [0.3, 0.4) is 0 Å². The van der Waals surface area contributed by atoms with Gasteiger partial charge < -0.3 is 15.0 Å². The van der Waals surface area contributed by atoms with E-state index in [9.17, 15) is 4.79 Å². The fourth-order valence-electron chi connectivity index (χ4n) is 1.74. The van der Waals surface area contributed by atoms with Crippen molar-refractivity contribution in [2.45, 2.75) is 26.4 Å². The summed E-state index contributed by atoms with van der Waals surface area (Å²) in [6, 6.07) is 5.95. The van der Waals surface area contributed by atoms with Crippen LogP contribution < -0.4 is 10.2 Å². The molecule has 0 saturated carbocycles. The number of amides is 1. The number of carbonyl (C=O) groups is 1. The highest BCUT2D eigenvalue weighted by Crippen LogP contribution is 2.21. The molecule has 0 spiro atoms. The van der Waals surface area contributed by atoms with Gasteiger partial charge in [-0.25, -0.2) is 0 Å². The van der Waals surface area contributed by atoms with E-state index < -0.39 is 6.10 Å². The van der Waals surface area contributed by atoms with Crippen LogP contribution in [0.2, 0.25) is 0 Å². The molecule has 4 heteroatoms. The first kappa shape index (κ1) is 14.5. The zero-order valence-electron chi connectivity index (χ0n) is 11.8. The number of rotatable bonds is 5. The van der Waals surface area contributed by atoms with E-state index in [1.165, 1.54) is 0 Å². The van der Waals surface area contributed by atoms with Gasteiger partial charge in [-0.3, -0.25) is 4.79 Å². The largest absolute Gasteiger partial charge is 0.378 e. The van der Waals surface area contributed by atoms with Gasteiger partial charge in [0.15, 0.2) is 0 Å². The lowest BCUT2D eigenvalue weighted by atomic mass is 10.1. The highest BCUT2D eigenvalue weighted by Gasteiger charge is 2.16. The summed E-state index contributed by atoms with van der Waals surface area (Å²) in [5, 5.41) is 2.90. The summed E-state index contributed by atoms with van der Waals surface area (Å²) in [6.45, 7) is 3.91. The lowest BCUT2D eigenvalue weighted by Gasteiger charge is -2.17. The molecule has 0 saturated heterocycles. The number of nitrogens with zero attached hydrogens (tertiary/aromatic N) is 1. The third-order valence-electron chi connectivity index (χ3n) is 2.93. The number of benzene rings is 1. The molecule has 4 nitrogen and oxygen atoms in total.